The Labute approximate surface area is 71.1 Å². The van der Waals surface area contributed by atoms with E-state index in [2.05, 4.69) is 19.9 Å². The van der Waals surface area contributed by atoms with E-state index in [0.717, 1.165) is 6.42 Å². The van der Waals surface area contributed by atoms with Gasteiger partial charge in [-0.1, -0.05) is 18.6 Å². The molecular formula is C10H22O. The highest BCUT2D eigenvalue weighted by atomic mass is 16.3. The molecule has 0 heterocycles. The highest BCUT2D eigenvalue weighted by Gasteiger charge is 2.05. The van der Waals surface area contributed by atoms with Crippen molar-refractivity contribution < 1.29 is 5.11 Å². The maximum Gasteiger partial charge on any atom is 0.0589 e. The summed E-state index contributed by atoms with van der Waals surface area (Å²) in [5, 5.41) is 8.83. The summed E-state index contributed by atoms with van der Waals surface area (Å²) in [6.45, 7) is 11.8. The van der Waals surface area contributed by atoms with E-state index in [9.17, 15) is 0 Å². The lowest BCUT2D eigenvalue weighted by molar-refractivity contribution is 0.0765. The second-order valence-electron chi connectivity index (χ2n) is 3.53. The van der Waals surface area contributed by atoms with Crippen LogP contribution in [0.4, 0.5) is 0 Å². The standard InChI is InChI=1S/C5H12O.C5H10/c1-4-5(2,3)6;1-4-5(2)3/h6H,4H2,1-3H3;4H,1-3H3. The van der Waals surface area contributed by atoms with Gasteiger partial charge in [0.25, 0.3) is 0 Å². The Hall–Kier alpha value is -0.300. The molecular weight excluding hydrogens is 136 g/mol. The molecule has 0 aromatic rings. The van der Waals surface area contributed by atoms with Gasteiger partial charge in [0, 0.05) is 0 Å². The van der Waals surface area contributed by atoms with Crippen LogP contribution in [0.3, 0.4) is 0 Å². The van der Waals surface area contributed by atoms with Gasteiger partial charge < -0.3 is 5.11 Å². The van der Waals surface area contributed by atoms with Crippen LogP contribution in [0.15, 0.2) is 11.6 Å². The molecule has 0 radical (unpaired) electrons. The minimum absolute atomic E-state index is 0.458. The van der Waals surface area contributed by atoms with Gasteiger partial charge in [-0.05, 0) is 41.0 Å². The lowest BCUT2D eigenvalue weighted by Gasteiger charge is -2.11. The molecule has 0 fully saturated rings. The zero-order valence-electron chi connectivity index (χ0n) is 8.73. The van der Waals surface area contributed by atoms with Gasteiger partial charge in [-0.2, -0.15) is 0 Å². The second kappa shape index (κ2) is 6.41. The van der Waals surface area contributed by atoms with E-state index in [1.165, 1.54) is 5.57 Å². The molecule has 1 nitrogen and oxygen atoms in total. The summed E-state index contributed by atoms with van der Waals surface area (Å²) in [6, 6.07) is 0. The first-order valence-electron chi connectivity index (χ1n) is 4.15. The predicted octanol–water partition coefficient (Wildman–Crippen LogP) is 3.14. The Kier molecular flexibility index (Phi) is 7.75. The fourth-order valence-corrected chi connectivity index (χ4v) is 0. The van der Waals surface area contributed by atoms with Crippen molar-refractivity contribution in [3.63, 3.8) is 0 Å². The van der Waals surface area contributed by atoms with E-state index < -0.39 is 5.60 Å². The first-order chi connectivity index (χ1) is 4.83. The van der Waals surface area contributed by atoms with Crippen LogP contribution in [0, 0.1) is 0 Å². The summed E-state index contributed by atoms with van der Waals surface area (Å²) in [6.07, 6.45) is 2.91. The predicted molar refractivity (Wildman–Crippen MR) is 51.7 cm³/mol. The average molecular weight is 158 g/mol. The molecule has 1 N–H and O–H groups in total. The molecule has 0 aliphatic heterocycles. The molecule has 0 aromatic heterocycles. The largest absolute Gasteiger partial charge is 0.390 e. The number of allylic oxidation sites excluding steroid dienone is 2. The lowest BCUT2D eigenvalue weighted by atomic mass is 10.1. The summed E-state index contributed by atoms with van der Waals surface area (Å²) >= 11 is 0. The van der Waals surface area contributed by atoms with Crippen LogP contribution < -0.4 is 0 Å². The van der Waals surface area contributed by atoms with Crippen molar-refractivity contribution in [2.75, 3.05) is 0 Å². The number of hydrogen-bond acceptors (Lipinski definition) is 1. The third kappa shape index (κ3) is 26.0. The maximum atomic E-state index is 8.83. The summed E-state index contributed by atoms with van der Waals surface area (Å²) in [5.41, 5.74) is 0.921. The van der Waals surface area contributed by atoms with Crippen LogP contribution in [-0.4, -0.2) is 10.7 Å². The Balaban J connectivity index is 0. The molecule has 0 aliphatic rings. The van der Waals surface area contributed by atoms with Crippen molar-refractivity contribution in [2.45, 2.75) is 53.6 Å². The van der Waals surface area contributed by atoms with E-state index in [0.29, 0.717) is 0 Å². The lowest BCUT2D eigenvalue weighted by Crippen LogP contribution is -2.15. The summed E-state index contributed by atoms with van der Waals surface area (Å²) in [4.78, 5) is 0. The molecule has 68 valence electrons. The second-order valence-corrected chi connectivity index (χ2v) is 3.53. The molecule has 0 saturated heterocycles. The van der Waals surface area contributed by atoms with Gasteiger partial charge in [0.05, 0.1) is 5.60 Å². The zero-order chi connectivity index (χ0) is 9.49. The van der Waals surface area contributed by atoms with Crippen LogP contribution in [0.5, 0.6) is 0 Å². The SMILES string of the molecule is CC=C(C)C.CCC(C)(C)O. The quantitative estimate of drug-likeness (QED) is 0.581. The molecule has 1 heteroatoms. The number of aliphatic hydroxyl groups is 1. The molecule has 0 aliphatic carbocycles. The van der Waals surface area contributed by atoms with Crippen molar-refractivity contribution in [1.29, 1.82) is 0 Å². The van der Waals surface area contributed by atoms with Crippen molar-refractivity contribution in [2.24, 2.45) is 0 Å². The minimum atomic E-state index is -0.458. The normalized spacial score (nSPS) is 9.73. The molecule has 0 unspecified atom stereocenters. The fraction of sp³-hybridized carbons (Fsp3) is 0.800. The summed E-state index contributed by atoms with van der Waals surface area (Å²) < 4.78 is 0. The van der Waals surface area contributed by atoms with E-state index >= 15 is 0 Å². The Morgan fingerprint density at radius 2 is 1.55 bits per heavy atom. The van der Waals surface area contributed by atoms with Crippen molar-refractivity contribution >= 4 is 0 Å². The highest BCUT2D eigenvalue weighted by molar-refractivity contribution is 4.88. The Morgan fingerprint density at radius 3 is 1.55 bits per heavy atom. The van der Waals surface area contributed by atoms with Gasteiger partial charge in [0.2, 0.25) is 0 Å². The highest BCUT2D eigenvalue weighted by Crippen LogP contribution is 2.03. The van der Waals surface area contributed by atoms with Gasteiger partial charge in [0.1, 0.15) is 0 Å². The Bertz CT molecular complexity index is 103. The smallest absolute Gasteiger partial charge is 0.0589 e. The van der Waals surface area contributed by atoms with Crippen molar-refractivity contribution in [3.05, 3.63) is 11.6 Å². The molecule has 11 heavy (non-hydrogen) atoms. The van der Waals surface area contributed by atoms with Crippen LogP contribution in [-0.2, 0) is 0 Å². The van der Waals surface area contributed by atoms with Gasteiger partial charge in [-0.3, -0.25) is 0 Å². The monoisotopic (exact) mass is 158 g/mol. The minimum Gasteiger partial charge on any atom is -0.390 e. The van der Waals surface area contributed by atoms with Gasteiger partial charge >= 0.3 is 0 Å². The molecule has 0 aromatic carbocycles. The number of rotatable bonds is 1. The van der Waals surface area contributed by atoms with Crippen molar-refractivity contribution in [1.82, 2.24) is 0 Å². The average Bonchev–Trinajstić information content (AvgIpc) is 1.88. The van der Waals surface area contributed by atoms with E-state index in [1.54, 1.807) is 13.8 Å². The van der Waals surface area contributed by atoms with E-state index in [1.807, 2.05) is 13.8 Å². The number of hydrogen-bond donors (Lipinski definition) is 1. The topological polar surface area (TPSA) is 20.2 Å². The van der Waals surface area contributed by atoms with Gasteiger partial charge in [-0.15, -0.1) is 0 Å². The van der Waals surface area contributed by atoms with Gasteiger partial charge in [-0.25, -0.2) is 0 Å². The molecule has 0 spiro atoms. The van der Waals surface area contributed by atoms with E-state index in [-0.39, 0.29) is 0 Å². The summed E-state index contributed by atoms with van der Waals surface area (Å²) in [5.74, 6) is 0. The third-order valence-corrected chi connectivity index (χ3v) is 1.44. The maximum absolute atomic E-state index is 8.83. The van der Waals surface area contributed by atoms with Crippen LogP contribution >= 0.6 is 0 Å². The van der Waals surface area contributed by atoms with Crippen LogP contribution in [0.2, 0.25) is 0 Å². The van der Waals surface area contributed by atoms with Crippen LogP contribution in [0.25, 0.3) is 0 Å². The molecule has 0 amide bonds. The molecule has 0 atom stereocenters. The first-order valence-corrected chi connectivity index (χ1v) is 4.15. The summed E-state index contributed by atoms with van der Waals surface area (Å²) in [7, 11) is 0. The fourth-order valence-electron chi connectivity index (χ4n) is 0. The third-order valence-electron chi connectivity index (χ3n) is 1.44. The van der Waals surface area contributed by atoms with E-state index in [4.69, 9.17) is 5.11 Å². The Morgan fingerprint density at radius 1 is 1.36 bits per heavy atom. The zero-order valence-corrected chi connectivity index (χ0v) is 8.73. The van der Waals surface area contributed by atoms with Crippen molar-refractivity contribution in [3.8, 4) is 0 Å². The van der Waals surface area contributed by atoms with Crippen LogP contribution in [0.1, 0.15) is 48.0 Å². The molecule has 0 bridgehead atoms. The van der Waals surface area contributed by atoms with Gasteiger partial charge in [0.15, 0.2) is 0 Å². The molecule has 0 rings (SSSR count). The first kappa shape index (κ1) is 13.3. The molecule has 0 saturated carbocycles.